The topological polar surface area (TPSA) is 59.9 Å². The molecule has 0 aliphatic heterocycles. The van der Waals surface area contributed by atoms with Crippen molar-refractivity contribution in [1.29, 1.82) is 0 Å². The molecule has 0 aromatic heterocycles. The lowest BCUT2D eigenvalue weighted by molar-refractivity contribution is -0.120. The lowest BCUT2D eigenvalue weighted by Crippen LogP contribution is -2.26. The molecule has 0 saturated heterocycles. The minimum absolute atomic E-state index is 0.188. The van der Waals surface area contributed by atoms with Crippen LogP contribution in [0.5, 0.6) is 11.5 Å². The van der Waals surface area contributed by atoms with Gasteiger partial charge >= 0.3 is 0 Å². The highest BCUT2D eigenvalue weighted by atomic mass is 35.5. The number of carbonyl (C=O) groups excluding carboxylic acids is 1. The van der Waals surface area contributed by atoms with Gasteiger partial charge in [0.2, 0.25) is 0 Å². The molecule has 2 rings (SSSR count). The highest BCUT2D eigenvalue weighted by molar-refractivity contribution is 8.00. The van der Waals surface area contributed by atoms with Crippen LogP contribution in [0.1, 0.15) is 19.4 Å². The van der Waals surface area contributed by atoms with Gasteiger partial charge in [-0.15, -0.1) is 11.8 Å². The van der Waals surface area contributed by atoms with Crippen molar-refractivity contribution in [1.82, 2.24) is 5.43 Å². The first-order valence-electron chi connectivity index (χ1n) is 8.79. The molecule has 1 amide bonds. The van der Waals surface area contributed by atoms with Crippen LogP contribution in [0.15, 0.2) is 65.1 Å². The summed E-state index contributed by atoms with van der Waals surface area (Å²) in [6.07, 6.45) is 3.24. The summed E-state index contributed by atoms with van der Waals surface area (Å²) in [7, 11) is 0. The fraction of sp³-hybridized carbons (Fsp3) is 0.238. The smallest absolute Gasteiger partial charge is 0.253 e. The van der Waals surface area contributed by atoms with E-state index >= 15 is 0 Å². The molecule has 1 atom stereocenters. The van der Waals surface area contributed by atoms with Crippen LogP contribution in [0.4, 0.5) is 0 Å². The van der Waals surface area contributed by atoms with Crippen molar-refractivity contribution < 1.29 is 14.3 Å². The lowest BCUT2D eigenvalue weighted by atomic mass is 10.2. The third kappa shape index (κ3) is 6.94. The summed E-state index contributed by atoms with van der Waals surface area (Å²) in [4.78, 5) is 13.2. The zero-order valence-corrected chi connectivity index (χ0v) is 17.4. The first-order valence-corrected chi connectivity index (χ1v) is 10.0. The molecular formula is C21H23ClN2O3S. The van der Waals surface area contributed by atoms with E-state index < -0.39 is 0 Å². The number of carbonyl (C=O) groups is 1. The Morgan fingerprint density at radius 2 is 2.00 bits per heavy atom. The Bertz CT molecular complexity index is 825. The number of thioether (sulfide) groups is 1. The van der Waals surface area contributed by atoms with E-state index in [-0.39, 0.29) is 11.2 Å². The minimum atomic E-state index is -0.299. The van der Waals surface area contributed by atoms with Gasteiger partial charge < -0.3 is 9.47 Å². The SMILES string of the molecule is C=CCOc1ccc(C=NNC(=O)C(C)Sc2ccc(Cl)cc2)cc1OCC. The second kappa shape index (κ2) is 11.4. The molecule has 2 aromatic carbocycles. The Morgan fingerprint density at radius 1 is 1.25 bits per heavy atom. The Balaban J connectivity index is 1.94. The van der Waals surface area contributed by atoms with Gasteiger partial charge in [-0.1, -0.05) is 24.3 Å². The first kappa shape index (κ1) is 21.9. The van der Waals surface area contributed by atoms with Crippen molar-refractivity contribution in [3.8, 4) is 11.5 Å². The van der Waals surface area contributed by atoms with Crippen LogP contribution < -0.4 is 14.9 Å². The number of halogens is 1. The van der Waals surface area contributed by atoms with E-state index in [2.05, 4.69) is 17.1 Å². The molecule has 0 aliphatic carbocycles. The second-order valence-corrected chi connectivity index (χ2v) is 7.54. The van der Waals surface area contributed by atoms with Gasteiger partial charge in [0.05, 0.1) is 18.1 Å². The van der Waals surface area contributed by atoms with E-state index in [0.29, 0.717) is 29.7 Å². The van der Waals surface area contributed by atoms with Crippen LogP contribution in [-0.2, 0) is 4.79 Å². The van der Waals surface area contributed by atoms with Crippen molar-refractivity contribution in [3.05, 3.63) is 65.7 Å². The summed E-state index contributed by atoms with van der Waals surface area (Å²) in [5.41, 5.74) is 3.35. The highest BCUT2D eigenvalue weighted by Crippen LogP contribution is 2.28. The predicted molar refractivity (Wildman–Crippen MR) is 116 cm³/mol. The number of nitrogens with zero attached hydrogens (tertiary/aromatic N) is 1. The van der Waals surface area contributed by atoms with Crippen molar-refractivity contribution >= 4 is 35.5 Å². The van der Waals surface area contributed by atoms with E-state index in [1.54, 1.807) is 30.5 Å². The van der Waals surface area contributed by atoms with Crippen LogP contribution in [0.2, 0.25) is 5.02 Å². The van der Waals surface area contributed by atoms with E-state index in [9.17, 15) is 4.79 Å². The van der Waals surface area contributed by atoms with Gasteiger partial charge in [0, 0.05) is 9.92 Å². The molecule has 1 N–H and O–H groups in total. The van der Waals surface area contributed by atoms with Crippen molar-refractivity contribution in [3.63, 3.8) is 0 Å². The Kier molecular flexibility index (Phi) is 8.91. The summed E-state index contributed by atoms with van der Waals surface area (Å²) in [6, 6.07) is 12.8. The third-order valence-electron chi connectivity index (χ3n) is 3.51. The lowest BCUT2D eigenvalue weighted by Gasteiger charge is -2.11. The largest absolute Gasteiger partial charge is 0.490 e. The standard InChI is InChI=1S/C21H23ClN2O3S/c1-4-12-27-19-11-6-16(13-20(19)26-5-2)14-23-24-21(25)15(3)28-18-9-7-17(22)8-10-18/h4,6-11,13-15H,1,5,12H2,2-3H3,(H,24,25). The molecule has 2 aromatic rings. The number of amides is 1. The molecule has 0 radical (unpaired) electrons. The molecule has 0 saturated carbocycles. The summed E-state index contributed by atoms with van der Waals surface area (Å²) in [6.45, 7) is 8.27. The van der Waals surface area contributed by atoms with E-state index in [1.165, 1.54) is 11.8 Å². The van der Waals surface area contributed by atoms with Crippen molar-refractivity contribution in [2.45, 2.75) is 24.0 Å². The predicted octanol–water partition coefficient (Wildman–Crippen LogP) is 4.93. The Morgan fingerprint density at radius 3 is 2.68 bits per heavy atom. The number of hydrogen-bond acceptors (Lipinski definition) is 5. The fourth-order valence-electron chi connectivity index (χ4n) is 2.17. The summed E-state index contributed by atoms with van der Waals surface area (Å²) >= 11 is 7.31. The zero-order chi connectivity index (χ0) is 20.4. The van der Waals surface area contributed by atoms with Crippen LogP contribution in [-0.4, -0.2) is 30.6 Å². The Hall–Kier alpha value is -2.44. The zero-order valence-electron chi connectivity index (χ0n) is 15.9. The van der Waals surface area contributed by atoms with Crippen molar-refractivity contribution in [2.24, 2.45) is 5.10 Å². The van der Waals surface area contributed by atoms with E-state index in [4.69, 9.17) is 21.1 Å². The quantitative estimate of drug-likeness (QED) is 0.257. The number of benzene rings is 2. The molecule has 0 heterocycles. The summed E-state index contributed by atoms with van der Waals surface area (Å²) in [5, 5.41) is 4.41. The number of ether oxygens (including phenoxy) is 2. The summed E-state index contributed by atoms with van der Waals surface area (Å²) in [5.74, 6) is 1.06. The number of rotatable bonds is 10. The molecule has 0 spiro atoms. The molecule has 7 heteroatoms. The number of nitrogens with one attached hydrogen (secondary N) is 1. The first-order chi connectivity index (χ1) is 13.5. The van der Waals surface area contributed by atoms with E-state index in [0.717, 1.165) is 10.5 Å². The second-order valence-electron chi connectivity index (χ2n) is 5.69. The van der Waals surface area contributed by atoms with Gasteiger partial charge in [-0.25, -0.2) is 5.43 Å². The molecular weight excluding hydrogens is 396 g/mol. The molecule has 28 heavy (non-hydrogen) atoms. The monoisotopic (exact) mass is 418 g/mol. The molecule has 1 unspecified atom stereocenters. The highest BCUT2D eigenvalue weighted by Gasteiger charge is 2.13. The van der Waals surface area contributed by atoms with Crippen molar-refractivity contribution in [2.75, 3.05) is 13.2 Å². The maximum atomic E-state index is 12.2. The van der Waals surface area contributed by atoms with E-state index in [1.807, 2.05) is 38.1 Å². The van der Waals surface area contributed by atoms with Gasteiger partial charge in [-0.3, -0.25) is 4.79 Å². The average Bonchev–Trinajstić information content (AvgIpc) is 2.69. The van der Waals surface area contributed by atoms with Crippen LogP contribution >= 0.6 is 23.4 Å². The number of hydrazone groups is 1. The van der Waals surface area contributed by atoms with Gasteiger partial charge in [0.25, 0.3) is 5.91 Å². The molecule has 0 fully saturated rings. The fourth-order valence-corrected chi connectivity index (χ4v) is 3.16. The summed E-state index contributed by atoms with van der Waals surface area (Å²) < 4.78 is 11.2. The minimum Gasteiger partial charge on any atom is -0.490 e. The van der Waals surface area contributed by atoms with Gasteiger partial charge in [0.15, 0.2) is 11.5 Å². The molecule has 0 aliphatic rings. The van der Waals surface area contributed by atoms with Gasteiger partial charge in [-0.2, -0.15) is 5.10 Å². The molecule has 5 nitrogen and oxygen atoms in total. The Labute approximate surface area is 174 Å². The maximum absolute atomic E-state index is 12.2. The molecule has 148 valence electrons. The van der Waals surface area contributed by atoms with Gasteiger partial charge in [-0.05, 0) is 61.9 Å². The van der Waals surface area contributed by atoms with Crippen LogP contribution in [0.25, 0.3) is 0 Å². The normalized spacial score (nSPS) is 11.8. The third-order valence-corrected chi connectivity index (χ3v) is 4.87. The number of hydrogen-bond donors (Lipinski definition) is 1. The average molecular weight is 419 g/mol. The van der Waals surface area contributed by atoms with Crippen LogP contribution in [0, 0.1) is 0 Å². The van der Waals surface area contributed by atoms with Crippen LogP contribution in [0.3, 0.4) is 0 Å². The molecule has 0 bridgehead atoms. The maximum Gasteiger partial charge on any atom is 0.253 e. The van der Waals surface area contributed by atoms with Gasteiger partial charge in [0.1, 0.15) is 6.61 Å².